The maximum atomic E-state index is 13.7. The molecule has 0 fully saturated rings. The second kappa shape index (κ2) is 17.5. The molecular weight excluding hydrogens is 785 g/mol. The summed E-state index contributed by atoms with van der Waals surface area (Å²) in [5.41, 5.74) is 3.92. The number of ether oxygens (including phenoxy) is 6. The lowest BCUT2D eigenvalue weighted by atomic mass is 10.1. The SMILES string of the molecule is COc1cc(NC(=O)c2cc(Cl)ccc2OCc2nc3cc4cccnc4cc3nc2COc2ccc(Cl)cc2C(=O)Nc2cc(OC)cc(OC)c2)cc(OC)c1. The zero-order valence-electron chi connectivity index (χ0n) is 31.6. The average Bonchev–Trinajstić information content (AvgIpc) is 3.24. The number of benzene rings is 5. The Labute approximate surface area is 342 Å². The molecule has 2 amide bonds. The van der Waals surface area contributed by atoms with Gasteiger partial charge in [-0.3, -0.25) is 14.6 Å². The van der Waals surface area contributed by atoms with E-state index < -0.39 is 11.8 Å². The molecule has 2 aromatic heterocycles. The van der Waals surface area contributed by atoms with E-state index in [1.807, 2.05) is 24.3 Å². The van der Waals surface area contributed by atoms with Gasteiger partial charge in [-0.05, 0) is 54.6 Å². The third-order valence-corrected chi connectivity index (χ3v) is 9.33. The lowest BCUT2D eigenvalue weighted by Gasteiger charge is -2.16. The van der Waals surface area contributed by atoms with Gasteiger partial charge in [0.25, 0.3) is 11.8 Å². The predicted molar refractivity (Wildman–Crippen MR) is 221 cm³/mol. The van der Waals surface area contributed by atoms with Crippen LogP contribution in [0, 0.1) is 0 Å². The van der Waals surface area contributed by atoms with Crippen LogP contribution < -0.4 is 39.1 Å². The van der Waals surface area contributed by atoms with Crippen LogP contribution in [0.2, 0.25) is 10.0 Å². The van der Waals surface area contributed by atoms with Crippen molar-refractivity contribution in [3.63, 3.8) is 0 Å². The normalized spacial score (nSPS) is 10.9. The molecule has 7 aromatic rings. The summed E-state index contributed by atoms with van der Waals surface area (Å²) in [5.74, 6) is 1.47. The van der Waals surface area contributed by atoms with E-state index in [1.54, 1.807) is 66.9 Å². The number of aromatic nitrogens is 3. The lowest BCUT2D eigenvalue weighted by molar-refractivity contribution is 0.101. The first-order valence-corrected chi connectivity index (χ1v) is 18.4. The number of amides is 2. The molecule has 7 rings (SSSR count). The molecule has 294 valence electrons. The minimum Gasteiger partial charge on any atom is -0.497 e. The van der Waals surface area contributed by atoms with Crippen molar-refractivity contribution in [2.24, 2.45) is 0 Å². The van der Waals surface area contributed by atoms with Gasteiger partial charge in [-0.25, -0.2) is 9.97 Å². The average molecular weight is 821 g/mol. The van der Waals surface area contributed by atoms with Gasteiger partial charge < -0.3 is 39.1 Å². The molecule has 0 unspecified atom stereocenters. The van der Waals surface area contributed by atoms with E-state index in [0.717, 1.165) is 10.9 Å². The number of anilines is 2. The highest BCUT2D eigenvalue weighted by Gasteiger charge is 2.20. The minimum absolute atomic E-state index is 0.118. The molecule has 0 spiro atoms. The number of fused-ring (bicyclic) bond motifs is 2. The molecule has 0 radical (unpaired) electrons. The standard InChI is InChI=1S/C43H35Cl2N5O8/c1-53-29-15-27(16-30(19-29)54-2)47-42(51)33-13-25(44)7-9-40(33)57-22-38-39(50-37-21-35-24(6-5-11-46-35)12-36(37)49-38)23-58-41-10-8-26(45)14-34(41)43(52)48-28-17-31(55-3)20-32(18-28)56-4/h5-21H,22-23H2,1-4H3,(H,47,51)(H,48,52). The number of nitrogens with one attached hydrogen (secondary N) is 2. The Morgan fingerprint density at radius 1 is 0.552 bits per heavy atom. The molecule has 0 atom stereocenters. The van der Waals surface area contributed by atoms with Crippen molar-refractivity contribution in [2.45, 2.75) is 13.2 Å². The first-order chi connectivity index (χ1) is 28.1. The fraction of sp³-hybridized carbons (Fsp3) is 0.140. The van der Waals surface area contributed by atoms with E-state index in [0.29, 0.717) is 66.8 Å². The zero-order valence-corrected chi connectivity index (χ0v) is 33.1. The quantitative estimate of drug-likeness (QED) is 0.101. The van der Waals surface area contributed by atoms with Crippen LogP contribution in [0.1, 0.15) is 32.1 Å². The summed E-state index contributed by atoms with van der Waals surface area (Å²) in [7, 11) is 6.07. The summed E-state index contributed by atoms with van der Waals surface area (Å²) in [6, 6.07) is 27.0. The summed E-state index contributed by atoms with van der Waals surface area (Å²) >= 11 is 12.7. The van der Waals surface area contributed by atoms with Crippen molar-refractivity contribution in [2.75, 3.05) is 39.1 Å². The largest absolute Gasteiger partial charge is 0.497 e. The van der Waals surface area contributed by atoms with Crippen molar-refractivity contribution in [3.8, 4) is 34.5 Å². The number of halogens is 2. The van der Waals surface area contributed by atoms with Crippen LogP contribution in [-0.2, 0) is 13.2 Å². The Balaban J connectivity index is 1.19. The van der Waals surface area contributed by atoms with Gasteiger partial charge in [-0.2, -0.15) is 0 Å². The molecule has 0 aliphatic rings. The van der Waals surface area contributed by atoms with E-state index in [2.05, 4.69) is 15.6 Å². The molecule has 15 heteroatoms. The van der Waals surface area contributed by atoms with E-state index in [4.69, 9.17) is 61.6 Å². The summed E-state index contributed by atoms with van der Waals surface area (Å²) in [6.07, 6.45) is 1.70. The Morgan fingerprint density at radius 3 is 1.45 bits per heavy atom. The van der Waals surface area contributed by atoms with E-state index in [1.165, 1.54) is 40.6 Å². The Morgan fingerprint density at radius 2 is 1.00 bits per heavy atom. The molecule has 5 aromatic carbocycles. The van der Waals surface area contributed by atoms with Crippen molar-refractivity contribution < 1.29 is 38.0 Å². The first-order valence-electron chi connectivity index (χ1n) is 17.6. The summed E-state index contributed by atoms with van der Waals surface area (Å²) < 4.78 is 34.0. The number of nitrogens with zero attached hydrogens (tertiary/aromatic N) is 3. The second-order valence-electron chi connectivity index (χ2n) is 12.6. The second-order valence-corrected chi connectivity index (χ2v) is 13.5. The summed E-state index contributed by atoms with van der Waals surface area (Å²) in [4.78, 5) is 41.7. The van der Waals surface area contributed by atoms with Crippen molar-refractivity contribution in [1.82, 2.24) is 15.0 Å². The van der Waals surface area contributed by atoms with Crippen molar-refractivity contribution in [1.29, 1.82) is 0 Å². The van der Waals surface area contributed by atoms with Crippen LogP contribution in [0.4, 0.5) is 11.4 Å². The van der Waals surface area contributed by atoms with Crippen LogP contribution in [0.3, 0.4) is 0 Å². The third kappa shape index (κ3) is 9.07. The van der Waals surface area contributed by atoms with Crippen LogP contribution in [-0.4, -0.2) is 55.2 Å². The molecule has 2 N–H and O–H groups in total. The highest BCUT2D eigenvalue weighted by molar-refractivity contribution is 6.31. The van der Waals surface area contributed by atoms with Gasteiger partial charge in [0.1, 0.15) is 59.1 Å². The number of hydrogen-bond acceptors (Lipinski definition) is 11. The monoisotopic (exact) mass is 819 g/mol. The number of rotatable bonds is 14. The zero-order chi connectivity index (χ0) is 40.8. The highest BCUT2D eigenvalue weighted by Crippen LogP contribution is 2.32. The van der Waals surface area contributed by atoms with Crippen LogP contribution >= 0.6 is 23.2 Å². The Hall–Kier alpha value is -6.83. The lowest BCUT2D eigenvalue weighted by Crippen LogP contribution is -2.16. The molecule has 0 aliphatic heterocycles. The topological polar surface area (TPSA) is 152 Å². The smallest absolute Gasteiger partial charge is 0.259 e. The summed E-state index contributed by atoms with van der Waals surface area (Å²) in [5, 5.41) is 7.25. The van der Waals surface area contributed by atoms with Gasteiger partial charge in [-0.1, -0.05) is 29.3 Å². The number of methoxy groups -OCH3 is 4. The van der Waals surface area contributed by atoms with Gasteiger partial charge in [0.2, 0.25) is 0 Å². The van der Waals surface area contributed by atoms with Gasteiger partial charge in [0.15, 0.2) is 0 Å². The molecule has 2 heterocycles. The molecule has 0 aliphatic carbocycles. The van der Waals surface area contributed by atoms with Crippen molar-refractivity contribution in [3.05, 3.63) is 136 Å². The molecule has 58 heavy (non-hydrogen) atoms. The van der Waals surface area contributed by atoms with Gasteiger partial charge in [0.05, 0.1) is 56.1 Å². The number of carbonyl (C=O) groups excluding carboxylic acids is 2. The predicted octanol–water partition coefficient (Wildman–Crippen LogP) is 9.18. The van der Waals surface area contributed by atoms with Gasteiger partial charge in [-0.15, -0.1) is 0 Å². The van der Waals surface area contributed by atoms with Gasteiger partial charge >= 0.3 is 0 Å². The van der Waals surface area contributed by atoms with E-state index in [-0.39, 0.29) is 35.8 Å². The fourth-order valence-electron chi connectivity index (χ4n) is 5.99. The number of hydrogen-bond donors (Lipinski definition) is 2. The summed E-state index contributed by atoms with van der Waals surface area (Å²) in [6.45, 7) is -0.240. The third-order valence-electron chi connectivity index (χ3n) is 8.86. The molecule has 0 bridgehead atoms. The molecule has 0 saturated carbocycles. The Bertz CT molecular complexity index is 2450. The first kappa shape index (κ1) is 39.4. The fourth-order valence-corrected chi connectivity index (χ4v) is 6.33. The molecular formula is C43H35Cl2N5O8. The Kier molecular flexibility index (Phi) is 11.9. The number of carbonyl (C=O) groups is 2. The number of pyridine rings is 1. The highest BCUT2D eigenvalue weighted by atomic mass is 35.5. The van der Waals surface area contributed by atoms with E-state index in [9.17, 15) is 9.59 Å². The minimum atomic E-state index is -0.487. The maximum Gasteiger partial charge on any atom is 0.259 e. The molecule has 13 nitrogen and oxygen atoms in total. The molecule has 0 saturated heterocycles. The van der Waals surface area contributed by atoms with Crippen LogP contribution in [0.15, 0.2) is 103 Å². The maximum absolute atomic E-state index is 13.7. The van der Waals surface area contributed by atoms with Crippen LogP contribution in [0.25, 0.3) is 21.9 Å². The van der Waals surface area contributed by atoms with E-state index >= 15 is 0 Å². The van der Waals surface area contributed by atoms with Crippen molar-refractivity contribution >= 4 is 68.3 Å². The van der Waals surface area contributed by atoms with Gasteiger partial charge in [0, 0.05) is 69.4 Å². The van der Waals surface area contributed by atoms with Crippen LogP contribution in [0.5, 0.6) is 34.5 Å².